The molecule has 4 amide bonds. The van der Waals surface area contributed by atoms with Crippen molar-refractivity contribution >= 4 is 29.7 Å². The van der Waals surface area contributed by atoms with Crippen molar-refractivity contribution < 1.29 is 33.4 Å². The zero-order chi connectivity index (χ0) is 27.8. The highest BCUT2D eigenvalue weighted by atomic mass is 19.1. The van der Waals surface area contributed by atoms with Gasteiger partial charge in [-0.3, -0.25) is 19.4 Å². The first-order valence-electron chi connectivity index (χ1n) is 13.1. The van der Waals surface area contributed by atoms with Gasteiger partial charge in [-0.05, 0) is 42.5 Å². The normalized spacial score (nSPS) is 18.3. The molecule has 10 nitrogen and oxygen atoms in total. The molecule has 0 radical (unpaired) electrons. The van der Waals surface area contributed by atoms with E-state index in [-0.39, 0.29) is 37.7 Å². The lowest BCUT2D eigenvalue weighted by molar-refractivity contribution is -0.138. The topological polar surface area (TPSA) is 128 Å². The van der Waals surface area contributed by atoms with E-state index in [0.717, 1.165) is 48.6 Å². The van der Waals surface area contributed by atoms with Crippen molar-refractivity contribution in [1.29, 1.82) is 0 Å². The van der Waals surface area contributed by atoms with Crippen molar-refractivity contribution in [2.24, 2.45) is 5.92 Å². The van der Waals surface area contributed by atoms with Crippen molar-refractivity contribution in [2.75, 3.05) is 18.4 Å². The molecule has 4 rings (SSSR count). The van der Waals surface area contributed by atoms with Crippen LogP contribution in [0.25, 0.3) is 0 Å². The maximum absolute atomic E-state index is 13.7. The summed E-state index contributed by atoms with van der Waals surface area (Å²) in [5.74, 6) is -2.28. The molecule has 11 heteroatoms. The summed E-state index contributed by atoms with van der Waals surface area (Å²) in [6.07, 6.45) is 2.10. The maximum atomic E-state index is 13.7. The molecule has 1 heterocycles. The van der Waals surface area contributed by atoms with Crippen LogP contribution in [0.5, 0.6) is 0 Å². The Morgan fingerprint density at radius 3 is 2.38 bits per heavy atom. The molecule has 208 valence electrons. The molecule has 0 spiro atoms. The lowest BCUT2D eigenvalue weighted by atomic mass is 9.82. The number of anilines is 1. The standard InChI is InChI=1S/C28H33FN4O6/c29-21-12-7-13-22(16-21)30-27(37)32-14-15-33(28(38)39-18-19-8-3-1-4-9-19)26(32)25(36)31-23(17-24(34)35)20-10-5-2-6-11-20/h1,3-4,7-9,12-13,16,20,23,26H,2,5-6,10-11,14-15,17-18H2,(H,30,37)(H,31,36)(H,34,35). The number of carbonyl (C=O) groups excluding carboxylic acids is 3. The van der Waals surface area contributed by atoms with E-state index in [9.17, 15) is 28.7 Å². The molecular formula is C28H33FN4O6. The summed E-state index contributed by atoms with van der Waals surface area (Å²) in [5.41, 5.74) is 0.945. The van der Waals surface area contributed by atoms with Crippen LogP contribution in [0.3, 0.4) is 0 Å². The summed E-state index contributed by atoms with van der Waals surface area (Å²) in [6, 6.07) is 13.0. The van der Waals surface area contributed by atoms with Gasteiger partial charge in [0, 0.05) is 24.8 Å². The van der Waals surface area contributed by atoms with E-state index >= 15 is 0 Å². The van der Waals surface area contributed by atoms with Crippen molar-refractivity contribution in [2.45, 2.75) is 57.3 Å². The third-order valence-corrected chi connectivity index (χ3v) is 7.12. The minimum atomic E-state index is -1.37. The molecule has 2 atom stereocenters. The summed E-state index contributed by atoms with van der Waals surface area (Å²) in [4.78, 5) is 53.9. The van der Waals surface area contributed by atoms with Crippen LogP contribution in [0, 0.1) is 11.7 Å². The van der Waals surface area contributed by atoms with Crippen molar-refractivity contribution in [3.05, 3.63) is 66.0 Å². The van der Waals surface area contributed by atoms with Gasteiger partial charge in [0.05, 0.1) is 6.42 Å². The quantitative estimate of drug-likeness (QED) is 0.461. The van der Waals surface area contributed by atoms with Gasteiger partial charge in [0.1, 0.15) is 12.4 Å². The van der Waals surface area contributed by atoms with Gasteiger partial charge < -0.3 is 20.5 Å². The Bertz CT molecular complexity index is 1170. The fourth-order valence-electron chi connectivity index (χ4n) is 5.20. The summed E-state index contributed by atoms with van der Waals surface area (Å²) in [7, 11) is 0. The third-order valence-electron chi connectivity index (χ3n) is 7.12. The molecule has 2 fully saturated rings. The van der Waals surface area contributed by atoms with Crippen LogP contribution in [0.15, 0.2) is 54.6 Å². The van der Waals surface area contributed by atoms with Crippen LogP contribution in [-0.4, -0.2) is 64.2 Å². The van der Waals surface area contributed by atoms with Gasteiger partial charge in [-0.15, -0.1) is 0 Å². The van der Waals surface area contributed by atoms with Gasteiger partial charge in [0.25, 0.3) is 5.91 Å². The SMILES string of the molecule is O=C(O)CC(NC(=O)C1N(C(=O)Nc2cccc(F)c2)CCN1C(=O)OCc1ccccc1)C1CCCCC1. The number of carboxylic acid groups (broad SMARTS) is 1. The van der Waals surface area contributed by atoms with E-state index in [0.29, 0.717) is 0 Å². The average molecular weight is 541 g/mol. The summed E-state index contributed by atoms with van der Waals surface area (Å²) >= 11 is 0. The molecule has 1 aliphatic carbocycles. The van der Waals surface area contributed by atoms with Crippen LogP contribution in [0.2, 0.25) is 0 Å². The van der Waals surface area contributed by atoms with Gasteiger partial charge in [-0.2, -0.15) is 0 Å². The number of carbonyl (C=O) groups is 4. The molecule has 39 heavy (non-hydrogen) atoms. The first-order valence-corrected chi connectivity index (χ1v) is 13.1. The van der Waals surface area contributed by atoms with Crippen LogP contribution in [-0.2, 0) is 20.9 Å². The molecule has 2 aliphatic rings. The lowest BCUT2D eigenvalue weighted by Crippen LogP contribution is -2.57. The second kappa shape index (κ2) is 13.1. The summed E-state index contributed by atoms with van der Waals surface area (Å²) < 4.78 is 19.1. The van der Waals surface area contributed by atoms with Gasteiger partial charge >= 0.3 is 18.1 Å². The van der Waals surface area contributed by atoms with Crippen LogP contribution in [0.1, 0.15) is 44.1 Å². The minimum Gasteiger partial charge on any atom is -0.481 e. The molecule has 1 saturated carbocycles. The molecule has 3 N–H and O–H groups in total. The number of urea groups is 1. The van der Waals surface area contributed by atoms with E-state index < -0.39 is 42.0 Å². The Morgan fingerprint density at radius 2 is 1.69 bits per heavy atom. The molecule has 1 aliphatic heterocycles. The fourth-order valence-corrected chi connectivity index (χ4v) is 5.20. The van der Waals surface area contributed by atoms with Crippen molar-refractivity contribution in [3.63, 3.8) is 0 Å². The second-order valence-electron chi connectivity index (χ2n) is 9.85. The number of aliphatic carboxylic acids is 1. The smallest absolute Gasteiger partial charge is 0.412 e. The first kappa shape index (κ1) is 27.9. The number of hydrogen-bond acceptors (Lipinski definition) is 5. The number of carboxylic acids is 1. The Morgan fingerprint density at radius 1 is 0.974 bits per heavy atom. The summed E-state index contributed by atoms with van der Waals surface area (Å²) in [6.45, 7) is 0.0196. The number of benzene rings is 2. The Balaban J connectivity index is 1.53. The van der Waals surface area contributed by atoms with Crippen LogP contribution < -0.4 is 10.6 Å². The van der Waals surface area contributed by atoms with E-state index in [1.165, 1.54) is 23.1 Å². The molecule has 0 bridgehead atoms. The van der Waals surface area contributed by atoms with Gasteiger partial charge in [0.15, 0.2) is 6.17 Å². The molecular weight excluding hydrogens is 507 g/mol. The predicted octanol–water partition coefficient (Wildman–Crippen LogP) is 4.18. The largest absolute Gasteiger partial charge is 0.481 e. The van der Waals surface area contributed by atoms with Crippen LogP contribution in [0.4, 0.5) is 19.7 Å². The Labute approximate surface area is 226 Å². The number of ether oxygens (including phenoxy) is 1. The van der Waals surface area contributed by atoms with E-state index in [2.05, 4.69) is 10.6 Å². The number of amides is 4. The van der Waals surface area contributed by atoms with E-state index in [1.54, 1.807) is 12.1 Å². The molecule has 2 unspecified atom stereocenters. The number of hydrogen-bond donors (Lipinski definition) is 3. The number of nitrogens with one attached hydrogen (secondary N) is 2. The minimum absolute atomic E-state index is 0.0201. The van der Waals surface area contributed by atoms with Crippen molar-refractivity contribution in [3.8, 4) is 0 Å². The number of nitrogens with zero attached hydrogens (tertiary/aromatic N) is 2. The maximum Gasteiger partial charge on any atom is 0.412 e. The molecule has 2 aromatic carbocycles. The Hall–Kier alpha value is -4.15. The molecule has 0 aromatic heterocycles. The van der Waals surface area contributed by atoms with E-state index in [1.807, 2.05) is 18.2 Å². The van der Waals surface area contributed by atoms with Crippen LogP contribution >= 0.6 is 0 Å². The highest BCUT2D eigenvalue weighted by Crippen LogP contribution is 2.28. The first-order chi connectivity index (χ1) is 18.8. The third kappa shape index (κ3) is 7.46. The summed E-state index contributed by atoms with van der Waals surface area (Å²) in [5, 5.41) is 14.9. The highest BCUT2D eigenvalue weighted by molar-refractivity contribution is 5.95. The number of rotatable bonds is 8. The van der Waals surface area contributed by atoms with Crippen molar-refractivity contribution in [1.82, 2.24) is 15.1 Å². The van der Waals surface area contributed by atoms with Gasteiger partial charge in [-0.1, -0.05) is 55.7 Å². The highest BCUT2D eigenvalue weighted by Gasteiger charge is 2.44. The zero-order valence-electron chi connectivity index (χ0n) is 21.6. The fraction of sp³-hybridized carbons (Fsp3) is 0.429. The van der Waals surface area contributed by atoms with E-state index in [4.69, 9.17) is 4.74 Å². The van der Waals surface area contributed by atoms with Gasteiger partial charge in [-0.25, -0.2) is 14.0 Å². The average Bonchev–Trinajstić information content (AvgIpc) is 3.38. The Kier molecular flexibility index (Phi) is 9.35. The number of halogens is 1. The lowest BCUT2D eigenvalue weighted by Gasteiger charge is -2.33. The predicted molar refractivity (Wildman–Crippen MR) is 140 cm³/mol. The second-order valence-corrected chi connectivity index (χ2v) is 9.85. The monoisotopic (exact) mass is 540 g/mol. The molecule has 2 aromatic rings. The zero-order valence-corrected chi connectivity index (χ0v) is 21.6. The molecule has 1 saturated heterocycles. The van der Waals surface area contributed by atoms with Gasteiger partial charge in [0.2, 0.25) is 0 Å².